The van der Waals surface area contributed by atoms with Crippen LogP contribution in [0.1, 0.15) is 47.1 Å². The molecule has 1 saturated heterocycles. The number of nitrogens with one attached hydrogen (secondary N) is 2. The number of rotatable bonds is 11. The summed E-state index contributed by atoms with van der Waals surface area (Å²) in [5, 5.41) is 28.4. The first kappa shape index (κ1) is 33.2. The highest BCUT2D eigenvalue weighted by Gasteiger charge is 2.38. The van der Waals surface area contributed by atoms with Crippen molar-refractivity contribution in [1.29, 1.82) is 0 Å². The van der Waals surface area contributed by atoms with E-state index in [4.69, 9.17) is 9.47 Å². The van der Waals surface area contributed by atoms with Gasteiger partial charge in [-0.2, -0.15) is 4.73 Å². The van der Waals surface area contributed by atoms with E-state index < -0.39 is 6.29 Å². The van der Waals surface area contributed by atoms with Crippen LogP contribution >= 0.6 is 11.8 Å². The van der Waals surface area contributed by atoms with Crippen molar-refractivity contribution in [2.75, 3.05) is 5.75 Å². The summed E-state index contributed by atoms with van der Waals surface area (Å²) in [6, 6.07) is 39.0. The van der Waals surface area contributed by atoms with Crippen LogP contribution in [0.25, 0.3) is 11.1 Å². The van der Waals surface area contributed by atoms with Crippen LogP contribution in [0.5, 0.6) is 0 Å². The number of aliphatic hydroxyl groups is 1. The monoisotopic (exact) mass is 661 g/mol. The summed E-state index contributed by atoms with van der Waals surface area (Å²) in [6.07, 6.45) is 0.399. The predicted octanol–water partition coefficient (Wildman–Crippen LogP) is 7.06. The molecule has 1 aromatic heterocycles. The molecular weight excluding hydrogens is 623 g/mol. The van der Waals surface area contributed by atoms with E-state index in [-0.39, 0.29) is 30.8 Å². The molecule has 8 nitrogen and oxygen atoms in total. The smallest absolute Gasteiger partial charge is 0.315 e. The van der Waals surface area contributed by atoms with Crippen molar-refractivity contribution < 1.29 is 24.1 Å². The Hall–Kier alpha value is -4.67. The van der Waals surface area contributed by atoms with Gasteiger partial charge in [0.1, 0.15) is 0 Å². The predicted molar refractivity (Wildman–Crippen MR) is 186 cm³/mol. The number of ether oxygens (including phenoxy) is 2. The van der Waals surface area contributed by atoms with Crippen molar-refractivity contribution in [3.05, 3.63) is 161 Å². The Morgan fingerprint density at radius 2 is 1.46 bits per heavy atom. The van der Waals surface area contributed by atoms with E-state index in [1.807, 2.05) is 97.1 Å². The molecular formula is C39H39N3O5S. The van der Waals surface area contributed by atoms with Gasteiger partial charge in [-0.25, -0.2) is 4.79 Å². The Labute approximate surface area is 285 Å². The van der Waals surface area contributed by atoms with Crippen LogP contribution in [0, 0.1) is 11.1 Å². The molecule has 3 N–H and O–H groups in total. The van der Waals surface area contributed by atoms with Crippen LogP contribution in [0.3, 0.4) is 0 Å². The molecule has 9 heteroatoms. The summed E-state index contributed by atoms with van der Waals surface area (Å²) in [5.74, 6) is 0.571. The Morgan fingerprint density at radius 3 is 2.21 bits per heavy atom. The fourth-order valence-electron chi connectivity index (χ4n) is 5.75. The van der Waals surface area contributed by atoms with E-state index in [1.165, 1.54) is 18.0 Å². The van der Waals surface area contributed by atoms with E-state index in [0.29, 0.717) is 23.9 Å². The van der Waals surface area contributed by atoms with Gasteiger partial charge in [-0.05, 0) is 51.6 Å². The molecule has 0 unspecified atom stereocenters. The number of hydrogen-bond acceptors (Lipinski definition) is 6. The van der Waals surface area contributed by atoms with Crippen molar-refractivity contribution in [3.63, 3.8) is 0 Å². The first-order valence-corrected chi connectivity index (χ1v) is 17.0. The molecule has 246 valence electrons. The van der Waals surface area contributed by atoms with E-state index in [0.717, 1.165) is 43.7 Å². The third-order valence-electron chi connectivity index (χ3n) is 8.48. The van der Waals surface area contributed by atoms with Gasteiger partial charge in [-0.1, -0.05) is 110 Å². The van der Waals surface area contributed by atoms with Crippen LogP contribution in [0.15, 0.2) is 133 Å². The Kier molecular flexibility index (Phi) is 11.0. The fraction of sp³-hybridized carbons (Fsp3) is 0.231. The lowest BCUT2D eigenvalue weighted by atomic mass is 9.91. The minimum absolute atomic E-state index is 0.00482. The zero-order valence-corrected chi connectivity index (χ0v) is 27.5. The topological polar surface area (TPSA) is 107 Å². The average molecular weight is 662 g/mol. The van der Waals surface area contributed by atoms with Crippen LogP contribution < -0.4 is 15.4 Å². The first-order chi connectivity index (χ1) is 23.5. The standard InChI is InChI=1S/C39H39N3O5S/c1-27-35(26-48-36-15-5-6-20-42(36)45)46-38(47-37(27)31-18-16-29(25-43)17-19-31)34-14-8-13-33(22-34)32-12-7-11-30(21-32)24-41-39(44)40-23-28-9-3-2-4-10-28/h2-22,27,35,37-38,43H,23-26H2,1H3,(H2,40,41,44)/t27-,35+,37+,38+/m1/s1. The van der Waals surface area contributed by atoms with Gasteiger partial charge in [-0.3, -0.25) is 0 Å². The number of hydrogen-bond donors (Lipinski definition) is 3. The zero-order chi connectivity index (χ0) is 33.3. The SMILES string of the molecule is C[C@@H]1[C@H](CSc2cccc[n+]2[O-])O[C@H](c2cccc(-c3cccc(CNC(=O)NCc4ccccc4)c3)c2)O[C@@H]1c1ccc(CO)cc1. The summed E-state index contributed by atoms with van der Waals surface area (Å²) >= 11 is 1.47. The van der Waals surface area contributed by atoms with E-state index in [9.17, 15) is 15.1 Å². The van der Waals surface area contributed by atoms with E-state index in [1.54, 1.807) is 6.07 Å². The third-order valence-corrected chi connectivity index (χ3v) is 9.58. The molecule has 6 rings (SSSR count). The van der Waals surface area contributed by atoms with Crippen molar-refractivity contribution in [3.8, 4) is 11.1 Å². The maximum absolute atomic E-state index is 12.4. The van der Waals surface area contributed by atoms with E-state index in [2.05, 4.69) is 35.8 Å². The lowest BCUT2D eigenvalue weighted by Gasteiger charge is -2.41. The number of carbonyl (C=O) groups is 1. The number of benzene rings is 4. The van der Waals surface area contributed by atoms with Gasteiger partial charge in [0.05, 0.1) is 18.8 Å². The van der Waals surface area contributed by atoms with Crippen molar-refractivity contribution in [1.82, 2.24) is 10.6 Å². The van der Waals surface area contributed by atoms with Crippen LogP contribution in [0.4, 0.5) is 4.79 Å². The summed E-state index contributed by atoms with van der Waals surface area (Å²) in [4.78, 5) is 12.4. The number of aliphatic hydroxyl groups excluding tert-OH is 1. The molecule has 1 aliphatic rings. The molecule has 0 saturated carbocycles. The molecule has 48 heavy (non-hydrogen) atoms. The maximum Gasteiger partial charge on any atom is 0.315 e. The molecule has 0 radical (unpaired) electrons. The molecule has 0 aliphatic carbocycles. The molecule has 1 aliphatic heterocycles. The summed E-state index contributed by atoms with van der Waals surface area (Å²) in [7, 11) is 0. The number of amides is 2. The highest BCUT2D eigenvalue weighted by molar-refractivity contribution is 7.99. The minimum Gasteiger partial charge on any atom is -0.618 e. The largest absolute Gasteiger partial charge is 0.618 e. The minimum atomic E-state index is -0.637. The van der Waals surface area contributed by atoms with Crippen molar-refractivity contribution >= 4 is 17.8 Å². The number of pyridine rings is 1. The fourth-order valence-corrected chi connectivity index (χ4v) is 6.83. The molecule has 4 atom stereocenters. The van der Waals surface area contributed by atoms with Gasteiger partial charge >= 0.3 is 6.03 Å². The number of thioether (sulfide) groups is 1. The second-order valence-corrected chi connectivity index (χ2v) is 12.9. The van der Waals surface area contributed by atoms with Gasteiger partial charge in [0, 0.05) is 42.5 Å². The van der Waals surface area contributed by atoms with Gasteiger partial charge in [0.25, 0.3) is 5.03 Å². The zero-order valence-electron chi connectivity index (χ0n) is 26.7. The lowest BCUT2D eigenvalue weighted by Crippen LogP contribution is -2.39. The Bertz CT molecular complexity index is 1800. The quantitative estimate of drug-likeness (QED) is 0.0795. The molecule has 2 amide bonds. The van der Waals surface area contributed by atoms with Crippen LogP contribution in [-0.4, -0.2) is 23.0 Å². The summed E-state index contributed by atoms with van der Waals surface area (Å²) < 4.78 is 14.2. The molecule has 0 spiro atoms. The number of carbonyl (C=O) groups excluding carboxylic acids is 1. The molecule has 2 heterocycles. The Morgan fingerprint density at radius 1 is 0.771 bits per heavy atom. The van der Waals surface area contributed by atoms with Crippen LogP contribution in [0.2, 0.25) is 0 Å². The molecule has 5 aromatic rings. The molecule has 4 aromatic carbocycles. The van der Waals surface area contributed by atoms with Crippen molar-refractivity contribution in [2.45, 2.75) is 50.1 Å². The van der Waals surface area contributed by atoms with Gasteiger partial charge in [-0.15, -0.1) is 0 Å². The third kappa shape index (κ3) is 8.42. The molecule has 1 fully saturated rings. The number of nitrogens with zero attached hydrogens (tertiary/aromatic N) is 1. The summed E-state index contributed by atoms with van der Waals surface area (Å²) in [6.45, 7) is 2.94. The van der Waals surface area contributed by atoms with Crippen molar-refractivity contribution in [2.24, 2.45) is 5.92 Å². The van der Waals surface area contributed by atoms with Gasteiger partial charge in [0.2, 0.25) is 0 Å². The summed E-state index contributed by atoms with van der Waals surface area (Å²) in [5.41, 5.74) is 6.76. The van der Waals surface area contributed by atoms with Gasteiger partial charge < -0.3 is 30.4 Å². The first-order valence-electron chi connectivity index (χ1n) is 16.0. The van der Waals surface area contributed by atoms with Crippen LogP contribution in [-0.2, 0) is 29.2 Å². The highest BCUT2D eigenvalue weighted by atomic mass is 32.2. The number of aromatic nitrogens is 1. The number of urea groups is 1. The second-order valence-electron chi connectivity index (χ2n) is 11.8. The van der Waals surface area contributed by atoms with Gasteiger partial charge in [0.15, 0.2) is 12.5 Å². The Balaban J connectivity index is 1.18. The second kappa shape index (κ2) is 16.0. The highest BCUT2D eigenvalue weighted by Crippen LogP contribution is 2.43. The molecule has 0 bridgehead atoms. The lowest BCUT2D eigenvalue weighted by molar-refractivity contribution is -0.645. The van der Waals surface area contributed by atoms with E-state index >= 15 is 0 Å². The normalized spacial score (nSPS) is 19.0. The maximum atomic E-state index is 12.4. The average Bonchev–Trinajstić information content (AvgIpc) is 3.14.